The smallest absolute Gasteiger partial charge is 0.292 e. The highest BCUT2D eigenvalue weighted by Crippen LogP contribution is 2.29. The lowest BCUT2D eigenvalue weighted by atomic mass is 9.93. The van der Waals surface area contributed by atoms with E-state index in [2.05, 4.69) is 0 Å². The molecule has 2 rings (SSSR count). The van der Waals surface area contributed by atoms with Gasteiger partial charge in [0.1, 0.15) is 0 Å². The fraction of sp³-hybridized carbons (Fsp3) is 0.133. The Kier molecular flexibility index (Phi) is 4.43. The molecule has 7 heteroatoms. The molecule has 1 aromatic heterocycles. The lowest BCUT2D eigenvalue weighted by molar-refractivity contribution is -0.137. The minimum absolute atomic E-state index is 0.107. The number of thiophene rings is 1. The van der Waals surface area contributed by atoms with Gasteiger partial charge in [0.15, 0.2) is 17.5 Å². The Balaban J connectivity index is 2.26. The van der Waals surface area contributed by atoms with Gasteiger partial charge in [-0.25, -0.2) is 0 Å². The molecule has 22 heavy (non-hydrogen) atoms. The van der Waals surface area contributed by atoms with E-state index in [0.29, 0.717) is 0 Å². The van der Waals surface area contributed by atoms with E-state index in [9.17, 15) is 22.8 Å². The van der Waals surface area contributed by atoms with E-state index in [1.807, 2.05) is 0 Å². The molecule has 0 saturated carbocycles. The average Bonchev–Trinajstić information content (AvgIpc) is 3.01. The van der Waals surface area contributed by atoms with Gasteiger partial charge in [-0.05, 0) is 23.6 Å². The van der Waals surface area contributed by atoms with E-state index in [1.165, 1.54) is 6.07 Å². The van der Waals surface area contributed by atoms with Crippen molar-refractivity contribution in [2.75, 3.05) is 0 Å². The van der Waals surface area contributed by atoms with Crippen LogP contribution in [0.25, 0.3) is 0 Å². The lowest BCUT2D eigenvalue weighted by Gasteiger charge is -2.09. The van der Waals surface area contributed by atoms with Crippen molar-refractivity contribution in [3.05, 3.63) is 57.8 Å². The number of ketones is 2. The van der Waals surface area contributed by atoms with Gasteiger partial charge in [-0.1, -0.05) is 18.2 Å². The summed E-state index contributed by atoms with van der Waals surface area (Å²) in [6, 6.07) is 8.14. The van der Waals surface area contributed by atoms with Gasteiger partial charge in [0.05, 0.1) is 16.5 Å². The fourth-order valence-corrected chi connectivity index (χ4v) is 2.48. The molecule has 2 aromatic rings. The number of alkyl halides is 3. The third kappa shape index (κ3) is 3.23. The Labute approximate surface area is 127 Å². The number of rotatable bonds is 4. The number of Topliss-reactive ketones (excluding diaryl/α,β-unsaturated/α-hetero) is 2. The molecule has 0 aliphatic carbocycles. The first-order chi connectivity index (χ1) is 10.3. The number of hydrogen-bond donors (Lipinski definition) is 0. The van der Waals surface area contributed by atoms with Gasteiger partial charge < -0.3 is 0 Å². The number of benzene rings is 1. The molecule has 0 fully saturated rings. The molecule has 0 saturated heterocycles. The third-order valence-electron chi connectivity index (χ3n) is 2.91. The van der Waals surface area contributed by atoms with Gasteiger partial charge in [-0.2, -0.15) is 18.4 Å². The normalized spacial score (nSPS) is 12.5. The van der Waals surface area contributed by atoms with Crippen molar-refractivity contribution in [2.24, 2.45) is 5.92 Å². The molecule has 0 radical (unpaired) electrons. The zero-order chi connectivity index (χ0) is 16.3. The molecule has 1 atom stereocenters. The summed E-state index contributed by atoms with van der Waals surface area (Å²) in [4.78, 5) is 24.5. The van der Waals surface area contributed by atoms with Gasteiger partial charge >= 0.3 is 6.18 Å². The van der Waals surface area contributed by atoms with Crippen molar-refractivity contribution in [2.45, 2.75) is 6.18 Å². The van der Waals surface area contributed by atoms with Gasteiger partial charge in [-0.3, -0.25) is 9.59 Å². The zero-order valence-electron chi connectivity index (χ0n) is 10.9. The average molecular weight is 323 g/mol. The SMILES string of the molecule is N#CC(C(=O)c1ccc(C(F)(F)F)cc1)C(=O)c1cccs1. The molecular formula is C15H8F3NO2S. The first-order valence-electron chi connectivity index (χ1n) is 6.03. The van der Waals surface area contributed by atoms with Crippen LogP contribution in [-0.2, 0) is 6.18 Å². The fourth-order valence-electron chi connectivity index (χ4n) is 1.79. The van der Waals surface area contributed by atoms with Crippen molar-refractivity contribution in [1.29, 1.82) is 5.26 Å². The second kappa shape index (κ2) is 6.12. The van der Waals surface area contributed by atoms with Crippen LogP contribution >= 0.6 is 11.3 Å². The number of halogens is 3. The molecule has 3 nitrogen and oxygen atoms in total. The van der Waals surface area contributed by atoms with Crippen LogP contribution in [0.15, 0.2) is 41.8 Å². The van der Waals surface area contributed by atoms with Gasteiger partial charge in [-0.15, -0.1) is 11.3 Å². The quantitative estimate of drug-likeness (QED) is 0.632. The van der Waals surface area contributed by atoms with Crippen LogP contribution < -0.4 is 0 Å². The lowest BCUT2D eigenvalue weighted by Crippen LogP contribution is -2.22. The Morgan fingerprint density at radius 2 is 1.73 bits per heavy atom. The summed E-state index contributed by atoms with van der Waals surface area (Å²) in [5, 5.41) is 10.7. The van der Waals surface area contributed by atoms with Crippen LogP contribution in [0.4, 0.5) is 13.2 Å². The van der Waals surface area contributed by atoms with Crippen molar-refractivity contribution in [3.63, 3.8) is 0 Å². The van der Waals surface area contributed by atoms with Gasteiger partial charge in [0.2, 0.25) is 0 Å². The second-order valence-corrected chi connectivity index (χ2v) is 5.29. The molecule has 0 N–H and O–H groups in total. The number of nitrogens with zero attached hydrogens (tertiary/aromatic N) is 1. The summed E-state index contributed by atoms with van der Waals surface area (Å²) in [6.45, 7) is 0. The molecule has 0 amide bonds. The molecule has 0 bridgehead atoms. The number of carbonyl (C=O) groups excluding carboxylic acids is 2. The molecular weight excluding hydrogens is 315 g/mol. The second-order valence-electron chi connectivity index (χ2n) is 4.34. The van der Waals surface area contributed by atoms with E-state index >= 15 is 0 Å². The summed E-state index contributed by atoms with van der Waals surface area (Å²) in [7, 11) is 0. The maximum atomic E-state index is 12.5. The summed E-state index contributed by atoms with van der Waals surface area (Å²) >= 11 is 1.09. The maximum Gasteiger partial charge on any atom is 0.416 e. The standard InChI is InChI=1S/C15H8F3NO2S/c16-15(17,18)10-5-3-9(4-6-10)13(20)11(8-19)14(21)12-2-1-7-22-12/h1-7,11H. The van der Waals surface area contributed by atoms with E-state index in [-0.39, 0.29) is 10.4 Å². The minimum atomic E-state index is -4.51. The molecule has 1 aromatic carbocycles. The number of nitriles is 1. The number of carbonyl (C=O) groups is 2. The Bertz CT molecular complexity index is 728. The molecule has 1 unspecified atom stereocenters. The van der Waals surface area contributed by atoms with Crippen LogP contribution in [0.2, 0.25) is 0 Å². The summed E-state index contributed by atoms with van der Waals surface area (Å²) < 4.78 is 37.4. The first kappa shape index (κ1) is 15.9. The van der Waals surface area contributed by atoms with Crippen LogP contribution in [0, 0.1) is 17.2 Å². The molecule has 0 spiro atoms. The predicted molar refractivity (Wildman–Crippen MR) is 73.5 cm³/mol. The highest BCUT2D eigenvalue weighted by Gasteiger charge is 2.32. The predicted octanol–water partition coefficient (Wildman–Crippen LogP) is 3.97. The van der Waals surface area contributed by atoms with Crippen molar-refractivity contribution < 1.29 is 22.8 Å². The topological polar surface area (TPSA) is 57.9 Å². The van der Waals surface area contributed by atoms with Gasteiger partial charge in [0.25, 0.3) is 0 Å². The van der Waals surface area contributed by atoms with Crippen molar-refractivity contribution >= 4 is 22.9 Å². The Morgan fingerprint density at radius 1 is 1.09 bits per heavy atom. The van der Waals surface area contributed by atoms with E-state index < -0.39 is 29.2 Å². The Morgan fingerprint density at radius 3 is 2.18 bits per heavy atom. The van der Waals surface area contributed by atoms with Crippen LogP contribution in [0.1, 0.15) is 25.6 Å². The molecule has 0 aliphatic rings. The summed E-state index contributed by atoms with van der Waals surface area (Å²) in [5.74, 6) is -3.02. The molecule has 1 heterocycles. The largest absolute Gasteiger partial charge is 0.416 e. The third-order valence-corrected chi connectivity index (χ3v) is 3.80. The van der Waals surface area contributed by atoms with Crippen LogP contribution in [0.3, 0.4) is 0 Å². The monoisotopic (exact) mass is 323 g/mol. The highest BCUT2D eigenvalue weighted by atomic mass is 32.1. The van der Waals surface area contributed by atoms with Crippen LogP contribution in [0.5, 0.6) is 0 Å². The summed E-state index contributed by atoms with van der Waals surface area (Å²) in [5.41, 5.74) is -1.01. The van der Waals surface area contributed by atoms with E-state index in [0.717, 1.165) is 35.6 Å². The van der Waals surface area contributed by atoms with Crippen LogP contribution in [-0.4, -0.2) is 11.6 Å². The maximum absolute atomic E-state index is 12.5. The Hall–Kier alpha value is -2.46. The number of hydrogen-bond acceptors (Lipinski definition) is 4. The molecule has 0 aliphatic heterocycles. The van der Waals surface area contributed by atoms with E-state index in [1.54, 1.807) is 17.5 Å². The van der Waals surface area contributed by atoms with Crippen molar-refractivity contribution in [1.82, 2.24) is 0 Å². The van der Waals surface area contributed by atoms with E-state index in [4.69, 9.17) is 5.26 Å². The summed E-state index contributed by atoms with van der Waals surface area (Å²) in [6.07, 6.45) is -4.51. The minimum Gasteiger partial charge on any atom is -0.292 e. The highest BCUT2D eigenvalue weighted by molar-refractivity contribution is 7.12. The van der Waals surface area contributed by atoms with Gasteiger partial charge in [0, 0.05) is 5.56 Å². The van der Waals surface area contributed by atoms with Crippen molar-refractivity contribution in [3.8, 4) is 6.07 Å². The first-order valence-corrected chi connectivity index (χ1v) is 6.91. The zero-order valence-corrected chi connectivity index (χ0v) is 11.7. The molecule has 112 valence electrons.